The van der Waals surface area contributed by atoms with Crippen LogP contribution < -0.4 is 11.0 Å². The number of imide groups is 1. The highest BCUT2D eigenvalue weighted by atomic mass is 32.2. The van der Waals surface area contributed by atoms with Crippen molar-refractivity contribution in [1.82, 2.24) is 14.5 Å². The normalized spacial score (nSPS) is 17.0. The molecule has 1 aliphatic rings. The summed E-state index contributed by atoms with van der Waals surface area (Å²) in [6.07, 6.45) is 1.18. The van der Waals surface area contributed by atoms with Crippen LogP contribution in [0, 0.1) is 6.92 Å². The molecule has 0 bridgehead atoms. The topological polar surface area (TPSA) is 127 Å². The fourth-order valence-electron chi connectivity index (χ4n) is 4.26. The number of para-hydroxylation sites is 2. The molecule has 0 aliphatic carbocycles. The smallest absolute Gasteiger partial charge is 0.295 e. The lowest BCUT2D eigenvalue weighted by Gasteiger charge is -2.21. The van der Waals surface area contributed by atoms with Crippen molar-refractivity contribution in [2.45, 2.75) is 50.1 Å². The Labute approximate surface area is 184 Å². The highest BCUT2D eigenvalue weighted by Crippen LogP contribution is 2.24. The summed E-state index contributed by atoms with van der Waals surface area (Å²) in [7, 11) is -4.35. The maximum atomic E-state index is 13.3. The summed E-state index contributed by atoms with van der Waals surface area (Å²) in [4.78, 5) is 37.0. The maximum absolute atomic E-state index is 13.3. The molecule has 1 aromatic heterocycles. The Morgan fingerprint density at radius 2 is 1.81 bits per heavy atom. The first-order valence-electron chi connectivity index (χ1n) is 10.3. The van der Waals surface area contributed by atoms with Gasteiger partial charge in [0.1, 0.15) is 6.04 Å². The number of hydrogen-bond donors (Lipinski definition) is 2. The molecule has 1 saturated heterocycles. The van der Waals surface area contributed by atoms with Crippen LogP contribution in [-0.4, -0.2) is 33.9 Å². The van der Waals surface area contributed by atoms with Gasteiger partial charge in [0.2, 0.25) is 11.8 Å². The summed E-state index contributed by atoms with van der Waals surface area (Å²) in [5.74, 6) is -0.848. The molecule has 3 aromatic rings. The van der Waals surface area contributed by atoms with Gasteiger partial charge < -0.3 is 0 Å². The summed E-state index contributed by atoms with van der Waals surface area (Å²) < 4.78 is 35.9. The van der Waals surface area contributed by atoms with Gasteiger partial charge >= 0.3 is 5.69 Å². The summed E-state index contributed by atoms with van der Waals surface area (Å²) >= 11 is 0. The fourth-order valence-corrected chi connectivity index (χ4v) is 4.99. The summed E-state index contributed by atoms with van der Waals surface area (Å²) in [5.41, 5.74) is 2.23. The second-order valence-corrected chi connectivity index (χ2v) is 9.34. The first kappa shape index (κ1) is 22.0. The number of benzene rings is 2. The van der Waals surface area contributed by atoms with Gasteiger partial charge in [-0.25, -0.2) is 4.79 Å². The quantitative estimate of drug-likeness (QED) is 0.430. The van der Waals surface area contributed by atoms with Crippen LogP contribution in [0.2, 0.25) is 0 Å². The van der Waals surface area contributed by atoms with Crippen LogP contribution in [0.4, 0.5) is 0 Å². The van der Waals surface area contributed by atoms with Crippen molar-refractivity contribution in [2.24, 2.45) is 0 Å². The number of carbonyl (C=O) groups is 2. The molecular weight excluding hydrogens is 434 g/mol. The second-order valence-electron chi connectivity index (χ2n) is 7.95. The number of rotatable bonds is 6. The van der Waals surface area contributed by atoms with Crippen molar-refractivity contribution in [3.8, 4) is 0 Å². The Bertz CT molecular complexity index is 1390. The Morgan fingerprint density at radius 3 is 2.50 bits per heavy atom. The number of fused-ring (bicyclic) bond motifs is 1. The number of aryl methyl sites for hydroxylation is 3. The first-order chi connectivity index (χ1) is 15.2. The molecule has 0 radical (unpaired) electrons. The molecule has 168 valence electrons. The maximum Gasteiger partial charge on any atom is 0.329 e. The Kier molecular flexibility index (Phi) is 5.74. The third-order valence-corrected chi connectivity index (χ3v) is 6.67. The van der Waals surface area contributed by atoms with Gasteiger partial charge in [-0.1, -0.05) is 29.8 Å². The van der Waals surface area contributed by atoms with E-state index in [-0.39, 0.29) is 29.3 Å². The van der Waals surface area contributed by atoms with Crippen molar-refractivity contribution < 1.29 is 22.6 Å². The van der Waals surface area contributed by atoms with Gasteiger partial charge in [-0.05, 0) is 49.9 Å². The van der Waals surface area contributed by atoms with Gasteiger partial charge in [-0.3, -0.25) is 28.6 Å². The highest BCUT2D eigenvalue weighted by Gasteiger charge is 2.31. The molecular formula is C22H23N3O6S. The van der Waals surface area contributed by atoms with E-state index in [9.17, 15) is 27.4 Å². The minimum absolute atomic E-state index is 0.138. The number of amides is 2. The Balaban J connectivity index is 1.65. The molecule has 2 aromatic carbocycles. The van der Waals surface area contributed by atoms with Gasteiger partial charge in [0, 0.05) is 13.0 Å². The molecule has 1 aliphatic heterocycles. The van der Waals surface area contributed by atoms with Crippen LogP contribution in [0.5, 0.6) is 0 Å². The molecule has 1 unspecified atom stereocenters. The average Bonchev–Trinajstić information content (AvgIpc) is 2.99. The van der Waals surface area contributed by atoms with Gasteiger partial charge in [0.25, 0.3) is 10.1 Å². The lowest BCUT2D eigenvalue weighted by molar-refractivity contribution is -0.135. The average molecular weight is 458 g/mol. The lowest BCUT2D eigenvalue weighted by Crippen LogP contribution is -2.44. The van der Waals surface area contributed by atoms with E-state index in [4.69, 9.17) is 0 Å². The predicted molar refractivity (Wildman–Crippen MR) is 117 cm³/mol. The predicted octanol–water partition coefficient (Wildman–Crippen LogP) is 1.97. The van der Waals surface area contributed by atoms with Crippen LogP contribution in [0.3, 0.4) is 0 Å². The third kappa shape index (κ3) is 4.11. The zero-order valence-corrected chi connectivity index (χ0v) is 18.3. The number of aromatic nitrogens is 2. The molecule has 1 fully saturated rings. The molecule has 9 nitrogen and oxygen atoms in total. The van der Waals surface area contributed by atoms with Crippen molar-refractivity contribution in [2.75, 3.05) is 0 Å². The van der Waals surface area contributed by atoms with Gasteiger partial charge in [-0.2, -0.15) is 8.42 Å². The number of carbonyl (C=O) groups excluding carboxylic acids is 2. The largest absolute Gasteiger partial charge is 0.329 e. The zero-order valence-electron chi connectivity index (χ0n) is 17.4. The molecule has 32 heavy (non-hydrogen) atoms. The second kappa shape index (κ2) is 8.36. The molecule has 0 saturated carbocycles. The van der Waals surface area contributed by atoms with Crippen molar-refractivity contribution in [1.29, 1.82) is 0 Å². The SMILES string of the molecule is Cc1ccc(S(=O)(=O)O)c(CCCn2c(=O)n(C3CCC(=O)NC3=O)c3ccccc32)c1. The molecule has 2 N–H and O–H groups in total. The van der Waals surface area contributed by atoms with E-state index in [0.29, 0.717) is 36.0 Å². The van der Waals surface area contributed by atoms with Gasteiger partial charge in [0.05, 0.1) is 15.9 Å². The minimum Gasteiger partial charge on any atom is -0.295 e. The number of nitrogens with zero attached hydrogens (tertiary/aromatic N) is 2. The molecule has 2 amide bonds. The van der Waals surface area contributed by atoms with E-state index in [1.54, 1.807) is 41.0 Å². The van der Waals surface area contributed by atoms with Crippen LogP contribution in [0.1, 0.15) is 36.4 Å². The van der Waals surface area contributed by atoms with Crippen LogP contribution in [0.15, 0.2) is 52.2 Å². The third-order valence-electron chi connectivity index (χ3n) is 5.71. The van der Waals surface area contributed by atoms with Gasteiger partial charge in [-0.15, -0.1) is 0 Å². The molecule has 2 heterocycles. The monoisotopic (exact) mass is 457 g/mol. The summed E-state index contributed by atoms with van der Waals surface area (Å²) in [6, 6.07) is 11.0. The molecule has 4 rings (SSSR count). The van der Waals surface area contributed by atoms with Crippen LogP contribution in [-0.2, 0) is 32.7 Å². The van der Waals surface area contributed by atoms with Crippen LogP contribution in [0.25, 0.3) is 11.0 Å². The first-order valence-corrected chi connectivity index (χ1v) is 11.7. The van der Waals surface area contributed by atoms with E-state index < -0.39 is 22.1 Å². The highest BCUT2D eigenvalue weighted by molar-refractivity contribution is 7.85. The van der Waals surface area contributed by atoms with E-state index in [0.717, 1.165) is 5.56 Å². The van der Waals surface area contributed by atoms with E-state index in [1.165, 1.54) is 10.6 Å². The minimum atomic E-state index is -4.35. The van der Waals surface area contributed by atoms with E-state index >= 15 is 0 Å². The fraction of sp³-hybridized carbons (Fsp3) is 0.318. The van der Waals surface area contributed by atoms with E-state index in [2.05, 4.69) is 5.32 Å². The molecule has 1 atom stereocenters. The number of nitrogens with one attached hydrogen (secondary N) is 1. The summed E-state index contributed by atoms with van der Waals surface area (Å²) in [6.45, 7) is 2.12. The van der Waals surface area contributed by atoms with E-state index in [1.807, 2.05) is 6.92 Å². The van der Waals surface area contributed by atoms with Crippen LogP contribution >= 0.6 is 0 Å². The zero-order chi connectivity index (χ0) is 23.0. The Morgan fingerprint density at radius 1 is 1.09 bits per heavy atom. The van der Waals surface area contributed by atoms with Crippen molar-refractivity contribution in [3.63, 3.8) is 0 Å². The molecule has 0 spiro atoms. The summed E-state index contributed by atoms with van der Waals surface area (Å²) in [5, 5.41) is 2.29. The molecule has 10 heteroatoms. The van der Waals surface area contributed by atoms with Gasteiger partial charge in [0.15, 0.2) is 0 Å². The van der Waals surface area contributed by atoms with Crippen molar-refractivity contribution in [3.05, 3.63) is 64.1 Å². The number of hydrogen-bond acceptors (Lipinski definition) is 5. The lowest BCUT2D eigenvalue weighted by atomic mass is 10.1. The Hall–Kier alpha value is -3.24. The standard InChI is InChI=1S/C22H23N3O6S/c1-14-8-10-19(32(29,30)31)15(13-14)5-4-12-24-16-6-2-3-7-17(16)25(22(24)28)18-9-11-20(26)23-21(18)27/h2-3,6-8,10,13,18H,4-5,9,11-12H2,1H3,(H,23,26,27)(H,29,30,31). The number of imidazole rings is 1. The number of piperidine rings is 1. The van der Waals surface area contributed by atoms with Crippen molar-refractivity contribution >= 4 is 33.0 Å².